The number of para-hydroxylation sites is 1. The predicted octanol–water partition coefficient (Wildman–Crippen LogP) is 5.19. The van der Waals surface area contributed by atoms with Gasteiger partial charge in [-0.1, -0.05) is 30.3 Å². The molecule has 5 nitrogen and oxygen atoms in total. The number of anilines is 1. The number of fused-ring (bicyclic) bond motifs is 1. The van der Waals surface area contributed by atoms with Gasteiger partial charge in [-0.15, -0.1) is 23.7 Å². The third-order valence-corrected chi connectivity index (χ3v) is 7.18. The van der Waals surface area contributed by atoms with Crippen LogP contribution in [0.4, 0.5) is 10.1 Å². The molecule has 5 rings (SSSR count). The topological polar surface area (TPSA) is 72.6 Å². The number of benzene rings is 2. The van der Waals surface area contributed by atoms with Crippen molar-refractivity contribution in [2.75, 3.05) is 12.3 Å². The number of carbonyl (C=O) groups excluding carboxylic acids is 2. The third kappa shape index (κ3) is 4.81. The molecule has 1 aromatic heterocycles. The minimum absolute atomic E-state index is 0. The fourth-order valence-corrected chi connectivity index (χ4v) is 5.25. The SMILES string of the molecule is Cl.Nc1ccccc1C(=O)Oc1cc2c(s1)CCN(C(C(=O)C1CC1)c1ccccc1F)C2. The van der Waals surface area contributed by atoms with Gasteiger partial charge in [0.25, 0.3) is 0 Å². The average Bonchev–Trinajstić information content (AvgIpc) is 3.56. The van der Waals surface area contributed by atoms with E-state index in [1.54, 1.807) is 42.5 Å². The van der Waals surface area contributed by atoms with Crippen molar-refractivity contribution in [2.45, 2.75) is 31.8 Å². The van der Waals surface area contributed by atoms with Crippen LogP contribution < -0.4 is 10.5 Å². The minimum Gasteiger partial charge on any atom is -0.412 e. The number of carbonyl (C=O) groups is 2. The van der Waals surface area contributed by atoms with Crippen molar-refractivity contribution in [3.8, 4) is 5.06 Å². The Labute approximate surface area is 201 Å². The molecule has 1 saturated carbocycles. The molecule has 0 saturated heterocycles. The van der Waals surface area contributed by atoms with Gasteiger partial charge in [-0.3, -0.25) is 9.69 Å². The summed E-state index contributed by atoms with van der Waals surface area (Å²) in [7, 11) is 0. The van der Waals surface area contributed by atoms with Gasteiger partial charge in [0.15, 0.2) is 10.8 Å². The molecule has 1 atom stereocenters. The summed E-state index contributed by atoms with van der Waals surface area (Å²) >= 11 is 1.43. The highest BCUT2D eigenvalue weighted by Crippen LogP contribution is 2.41. The predicted molar refractivity (Wildman–Crippen MR) is 128 cm³/mol. The Morgan fingerprint density at radius 1 is 1.12 bits per heavy atom. The van der Waals surface area contributed by atoms with Gasteiger partial charge in [-0.2, -0.15) is 0 Å². The summed E-state index contributed by atoms with van der Waals surface area (Å²) < 4.78 is 20.2. The number of nitrogens with two attached hydrogens (primary N) is 1. The van der Waals surface area contributed by atoms with Gasteiger partial charge < -0.3 is 10.5 Å². The van der Waals surface area contributed by atoms with Crippen molar-refractivity contribution in [3.63, 3.8) is 0 Å². The number of nitrogen functional groups attached to an aromatic ring is 1. The first-order valence-corrected chi connectivity index (χ1v) is 11.5. The van der Waals surface area contributed by atoms with Crippen LogP contribution in [0.2, 0.25) is 0 Å². The molecule has 1 fully saturated rings. The number of esters is 1. The molecule has 2 aliphatic rings. The summed E-state index contributed by atoms with van der Waals surface area (Å²) in [5, 5.41) is 0.501. The van der Waals surface area contributed by atoms with Crippen LogP contribution in [0.1, 0.15) is 45.2 Å². The van der Waals surface area contributed by atoms with E-state index in [0.717, 1.165) is 23.3 Å². The molecule has 2 N–H and O–H groups in total. The van der Waals surface area contributed by atoms with E-state index in [2.05, 4.69) is 4.90 Å². The van der Waals surface area contributed by atoms with E-state index < -0.39 is 12.0 Å². The average molecular weight is 487 g/mol. The number of nitrogens with zero attached hydrogens (tertiary/aromatic N) is 1. The number of ketones is 1. The Morgan fingerprint density at radius 2 is 1.85 bits per heavy atom. The number of hydrogen-bond donors (Lipinski definition) is 1. The molecule has 1 aliphatic heterocycles. The first-order valence-electron chi connectivity index (χ1n) is 10.7. The fraction of sp³-hybridized carbons (Fsp3) is 0.280. The maximum Gasteiger partial charge on any atom is 0.346 e. The summed E-state index contributed by atoms with van der Waals surface area (Å²) in [6.07, 6.45) is 2.47. The number of rotatable bonds is 6. The van der Waals surface area contributed by atoms with Crippen molar-refractivity contribution in [1.82, 2.24) is 4.90 Å². The number of Topliss-reactive ketones (excluding diaryl/α,β-unsaturated/α-hetero) is 1. The van der Waals surface area contributed by atoms with Gasteiger partial charge in [0.05, 0.1) is 11.6 Å². The van der Waals surface area contributed by atoms with Crippen LogP contribution in [0.3, 0.4) is 0 Å². The largest absolute Gasteiger partial charge is 0.412 e. The van der Waals surface area contributed by atoms with Crippen LogP contribution in [0.15, 0.2) is 54.6 Å². The molecule has 0 bridgehead atoms. The lowest BCUT2D eigenvalue weighted by Crippen LogP contribution is -2.38. The molecule has 1 aliphatic carbocycles. The highest BCUT2D eigenvalue weighted by molar-refractivity contribution is 7.14. The Morgan fingerprint density at radius 3 is 2.58 bits per heavy atom. The quantitative estimate of drug-likeness (QED) is 0.383. The van der Waals surface area contributed by atoms with E-state index in [0.29, 0.717) is 41.4 Å². The normalized spacial score (nSPS) is 16.4. The molecule has 1 unspecified atom stereocenters. The molecule has 2 aromatic carbocycles. The number of hydrogen-bond acceptors (Lipinski definition) is 6. The minimum atomic E-state index is -0.591. The highest BCUT2D eigenvalue weighted by atomic mass is 35.5. The molecule has 0 spiro atoms. The van der Waals surface area contributed by atoms with E-state index in [9.17, 15) is 14.0 Å². The Kier molecular flexibility index (Phi) is 6.83. The van der Waals surface area contributed by atoms with E-state index in [4.69, 9.17) is 10.5 Å². The lowest BCUT2D eigenvalue weighted by atomic mass is 9.95. The fourth-order valence-electron chi connectivity index (χ4n) is 4.25. The molecular formula is C25H24ClFN2O3S. The van der Waals surface area contributed by atoms with E-state index in [1.807, 2.05) is 6.07 Å². The first-order chi connectivity index (χ1) is 15.5. The van der Waals surface area contributed by atoms with Gasteiger partial charge in [-0.25, -0.2) is 9.18 Å². The van der Waals surface area contributed by atoms with Gasteiger partial charge >= 0.3 is 5.97 Å². The van der Waals surface area contributed by atoms with E-state index in [1.165, 1.54) is 17.4 Å². The maximum absolute atomic E-state index is 14.6. The lowest BCUT2D eigenvalue weighted by Gasteiger charge is -2.34. The summed E-state index contributed by atoms with van der Waals surface area (Å²) in [6.45, 7) is 1.15. The van der Waals surface area contributed by atoms with Crippen LogP contribution in [-0.2, 0) is 17.8 Å². The van der Waals surface area contributed by atoms with Gasteiger partial charge in [0, 0.05) is 35.1 Å². The molecule has 172 valence electrons. The summed E-state index contributed by atoms with van der Waals surface area (Å²) in [5.41, 5.74) is 8.03. The zero-order valence-electron chi connectivity index (χ0n) is 17.8. The Balaban J connectivity index is 0.00000259. The van der Waals surface area contributed by atoms with E-state index in [-0.39, 0.29) is 29.9 Å². The molecule has 0 radical (unpaired) electrons. The zero-order valence-corrected chi connectivity index (χ0v) is 19.5. The second kappa shape index (κ2) is 9.63. The van der Waals surface area contributed by atoms with Crippen molar-refractivity contribution >= 4 is 41.2 Å². The van der Waals surface area contributed by atoms with Crippen molar-refractivity contribution < 1.29 is 18.7 Å². The lowest BCUT2D eigenvalue weighted by molar-refractivity contribution is -0.126. The number of halogens is 2. The van der Waals surface area contributed by atoms with Crippen LogP contribution >= 0.6 is 23.7 Å². The molecule has 2 heterocycles. The summed E-state index contributed by atoms with van der Waals surface area (Å²) in [6, 6.07) is 14.6. The van der Waals surface area contributed by atoms with Crippen LogP contribution in [-0.4, -0.2) is 23.2 Å². The zero-order chi connectivity index (χ0) is 22.2. The number of ether oxygens (including phenoxy) is 1. The van der Waals surface area contributed by atoms with Crippen molar-refractivity contribution in [3.05, 3.63) is 82.0 Å². The van der Waals surface area contributed by atoms with Crippen LogP contribution in [0.5, 0.6) is 5.06 Å². The Bertz CT molecular complexity index is 1190. The number of thiophene rings is 1. The monoisotopic (exact) mass is 486 g/mol. The van der Waals surface area contributed by atoms with Gasteiger partial charge in [0.1, 0.15) is 5.82 Å². The standard InChI is InChI=1S/C25H23FN2O3S.ClH/c26-19-7-3-1-5-17(19)23(24(29)15-9-10-15)28-12-11-21-16(14-28)13-22(32-21)31-25(30)18-6-2-4-8-20(18)27;/h1-8,13,15,23H,9-12,14,27H2;1H. The van der Waals surface area contributed by atoms with Crippen molar-refractivity contribution in [2.24, 2.45) is 5.92 Å². The smallest absolute Gasteiger partial charge is 0.346 e. The summed E-state index contributed by atoms with van der Waals surface area (Å²) in [4.78, 5) is 28.8. The molecule has 8 heteroatoms. The second-order valence-corrected chi connectivity index (χ2v) is 9.41. The van der Waals surface area contributed by atoms with E-state index >= 15 is 0 Å². The van der Waals surface area contributed by atoms with Gasteiger partial charge in [-0.05, 0) is 49.1 Å². The van der Waals surface area contributed by atoms with Gasteiger partial charge in [0.2, 0.25) is 0 Å². The second-order valence-electron chi connectivity index (χ2n) is 8.31. The summed E-state index contributed by atoms with van der Waals surface area (Å²) in [5.74, 6) is -0.722. The Hall–Kier alpha value is -2.74. The molecule has 0 amide bonds. The van der Waals surface area contributed by atoms with Crippen LogP contribution in [0.25, 0.3) is 0 Å². The molecule has 33 heavy (non-hydrogen) atoms. The first kappa shape index (κ1) is 23.4. The maximum atomic E-state index is 14.6. The highest BCUT2D eigenvalue weighted by Gasteiger charge is 2.40. The third-order valence-electron chi connectivity index (χ3n) is 6.06. The molecular weight excluding hydrogens is 463 g/mol. The van der Waals surface area contributed by atoms with Crippen LogP contribution in [0, 0.1) is 11.7 Å². The molecule has 3 aromatic rings. The van der Waals surface area contributed by atoms with Crippen molar-refractivity contribution in [1.29, 1.82) is 0 Å².